The lowest BCUT2D eigenvalue weighted by Crippen LogP contribution is -2.03. The fourth-order valence-corrected chi connectivity index (χ4v) is 1.00. The maximum Gasteiger partial charge on any atom is 0.387 e. The first-order chi connectivity index (χ1) is 6.13. The minimum atomic E-state index is -2.88. The van der Waals surface area contributed by atoms with Crippen molar-refractivity contribution >= 4 is 11.6 Å². The lowest BCUT2D eigenvalue weighted by molar-refractivity contribution is -0.0512. The largest absolute Gasteiger partial charge is 0.493 e. The normalized spacial score (nSPS) is 10.2. The molecule has 1 aromatic rings. The lowest BCUT2D eigenvalue weighted by atomic mass is 10.3. The minimum Gasteiger partial charge on any atom is -0.493 e. The second kappa shape index (κ2) is 4.28. The van der Waals surface area contributed by atoms with Crippen LogP contribution < -0.4 is 9.47 Å². The Labute approximate surface area is 79.0 Å². The van der Waals surface area contributed by atoms with Gasteiger partial charge in [0.15, 0.2) is 11.5 Å². The Balaban J connectivity index is 2.94. The van der Waals surface area contributed by atoms with Crippen LogP contribution in [0.4, 0.5) is 8.78 Å². The monoisotopic (exact) mass is 208 g/mol. The highest BCUT2D eigenvalue weighted by Crippen LogP contribution is 2.30. The Kier molecular flexibility index (Phi) is 3.31. The second-order valence-electron chi connectivity index (χ2n) is 2.17. The number of ether oxygens (including phenoxy) is 2. The highest BCUT2D eigenvalue weighted by atomic mass is 35.5. The second-order valence-corrected chi connectivity index (χ2v) is 2.61. The van der Waals surface area contributed by atoms with Crippen molar-refractivity contribution in [1.29, 1.82) is 0 Å². The van der Waals surface area contributed by atoms with Gasteiger partial charge in [0.25, 0.3) is 0 Å². The van der Waals surface area contributed by atoms with Crippen LogP contribution in [0.3, 0.4) is 0 Å². The van der Waals surface area contributed by atoms with E-state index in [0.717, 1.165) is 0 Å². The van der Waals surface area contributed by atoms with Gasteiger partial charge in [-0.25, -0.2) is 0 Å². The van der Waals surface area contributed by atoms with E-state index in [1.807, 2.05) is 0 Å². The smallest absolute Gasteiger partial charge is 0.387 e. The van der Waals surface area contributed by atoms with E-state index in [1.165, 1.54) is 25.3 Å². The van der Waals surface area contributed by atoms with Crippen LogP contribution in [0.5, 0.6) is 11.5 Å². The van der Waals surface area contributed by atoms with Crippen LogP contribution in [0, 0.1) is 0 Å². The molecule has 13 heavy (non-hydrogen) atoms. The fourth-order valence-electron chi connectivity index (χ4n) is 0.839. The maximum absolute atomic E-state index is 11.8. The van der Waals surface area contributed by atoms with Gasteiger partial charge in [-0.1, -0.05) is 11.6 Å². The molecule has 0 N–H and O–H groups in total. The predicted molar refractivity (Wildman–Crippen MR) is 44.6 cm³/mol. The number of hydrogen-bond acceptors (Lipinski definition) is 2. The molecule has 72 valence electrons. The Bertz CT molecular complexity index is 291. The molecule has 0 aliphatic carbocycles. The maximum atomic E-state index is 11.8. The number of alkyl halides is 2. The van der Waals surface area contributed by atoms with E-state index in [4.69, 9.17) is 16.3 Å². The molecule has 0 amide bonds. The standard InChI is InChI=1S/C8H7ClF2O2/c1-12-6-3-2-5(9)4-7(6)13-8(10)11/h2-4,8H,1H3. The first kappa shape index (κ1) is 10.1. The molecule has 0 radical (unpaired) electrons. The van der Waals surface area contributed by atoms with Crippen LogP contribution in [0.1, 0.15) is 0 Å². The summed E-state index contributed by atoms with van der Waals surface area (Å²) in [5, 5.41) is 0.316. The summed E-state index contributed by atoms with van der Waals surface area (Å²) in [6, 6.07) is 4.26. The number of methoxy groups -OCH3 is 1. The first-order valence-corrected chi connectivity index (χ1v) is 3.79. The number of benzene rings is 1. The van der Waals surface area contributed by atoms with Crippen molar-refractivity contribution in [3.05, 3.63) is 23.2 Å². The summed E-state index contributed by atoms with van der Waals surface area (Å²) in [6.07, 6.45) is 0. The zero-order chi connectivity index (χ0) is 9.84. The summed E-state index contributed by atoms with van der Waals surface area (Å²) in [5.41, 5.74) is 0. The van der Waals surface area contributed by atoms with Gasteiger partial charge in [0.05, 0.1) is 7.11 Å². The zero-order valence-corrected chi connectivity index (χ0v) is 7.52. The van der Waals surface area contributed by atoms with Crippen LogP contribution in [0.2, 0.25) is 5.02 Å². The van der Waals surface area contributed by atoms with Crippen LogP contribution in [0.25, 0.3) is 0 Å². The molecule has 1 aromatic carbocycles. The van der Waals surface area contributed by atoms with Crippen LogP contribution in [-0.4, -0.2) is 13.7 Å². The minimum absolute atomic E-state index is 0.0648. The van der Waals surface area contributed by atoms with Crippen molar-refractivity contribution in [3.8, 4) is 11.5 Å². The van der Waals surface area contributed by atoms with E-state index in [9.17, 15) is 8.78 Å². The highest BCUT2D eigenvalue weighted by molar-refractivity contribution is 6.30. The van der Waals surface area contributed by atoms with E-state index in [0.29, 0.717) is 5.02 Å². The number of halogens is 3. The predicted octanol–water partition coefficient (Wildman–Crippen LogP) is 2.95. The Morgan fingerprint density at radius 3 is 2.54 bits per heavy atom. The van der Waals surface area contributed by atoms with E-state index in [2.05, 4.69) is 4.74 Å². The molecule has 0 spiro atoms. The van der Waals surface area contributed by atoms with E-state index in [-0.39, 0.29) is 11.5 Å². The quantitative estimate of drug-likeness (QED) is 0.760. The Morgan fingerprint density at radius 1 is 1.31 bits per heavy atom. The molecule has 0 saturated heterocycles. The Morgan fingerprint density at radius 2 is 2.00 bits per heavy atom. The molecule has 0 unspecified atom stereocenters. The van der Waals surface area contributed by atoms with E-state index < -0.39 is 6.61 Å². The van der Waals surface area contributed by atoms with Crippen molar-refractivity contribution < 1.29 is 18.3 Å². The summed E-state index contributed by atoms with van der Waals surface area (Å²) in [7, 11) is 1.36. The third-order valence-corrected chi connectivity index (χ3v) is 1.58. The molecular weight excluding hydrogens is 202 g/mol. The van der Waals surface area contributed by atoms with Crippen molar-refractivity contribution in [2.24, 2.45) is 0 Å². The summed E-state index contributed by atoms with van der Waals surface area (Å²) >= 11 is 5.58. The van der Waals surface area contributed by atoms with Crippen LogP contribution in [-0.2, 0) is 0 Å². The van der Waals surface area contributed by atoms with Gasteiger partial charge in [0.2, 0.25) is 0 Å². The zero-order valence-electron chi connectivity index (χ0n) is 6.76. The fraction of sp³-hybridized carbons (Fsp3) is 0.250. The van der Waals surface area contributed by atoms with Crippen LogP contribution >= 0.6 is 11.6 Å². The molecule has 5 heteroatoms. The van der Waals surface area contributed by atoms with Gasteiger partial charge in [-0.2, -0.15) is 8.78 Å². The summed E-state index contributed by atoms with van der Waals surface area (Å²) in [5.74, 6) is 0.162. The van der Waals surface area contributed by atoms with Gasteiger partial charge in [-0.3, -0.25) is 0 Å². The molecule has 1 rings (SSSR count). The molecule has 2 nitrogen and oxygen atoms in total. The van der Waals surface area contributed by atoms with Gasteiger partial charge in [-0.05, 0) is 12.1 Å². The third-order valence-electron chi connectivity index (χ3n) is 1.34. The van der Waals surface area contributed by atoms with E-state index >= 15 is 0 Å². The molecule has 0 bridgehead atoms. The van der Waals surface area contributed by atoms with Crippen molar-refractivity contribution in [3.63, 3.8) is 0 Å². The lowest BCUT2D eigenvalue weighted by Gasteiger charge is -2.09. The van der Waals surface area contributed by atoms with E-state index in [1.54, 1.807) is 0 Å². The summed E-state index contributed by atoms with van der Waals surface area (Å²) in [4.78, 5) is 0. The SMILES string of the molecule is COc1ccc(Cl)cc1OC(F)F. The van der Waals surface area contributed by atoms with Gasteiger partial charge in [0, 0.05) is 11.1 Å². The van der Waals surface area contributed by atoms with Gasteiger partial charge >= 0.3 is 6.61 Å². The average molecular weight is 209 g/mol. The number of rotatable bonds is 3. The average Bonchev–Trinajstić information content (AvgIpc) is 2.03. The molecule has 0 aliphatic heterocycles. The Hall–Kier alpha value is -1.03. The van der Waals surface area contributed by atoms with Crippen molar-refractivity contribution in [2.45, 2.75) is 6.61 Å². The molecular formula is C8H7ClF2O2. The topological polar surface area (TPSA) is 18.5 Å². The highest BCUT2D eigenvalue weighted by Gasteiger charge is 2.10. The molecule has 0 heterocycles. The summed E-state index contributed by atoms with van der Waals surface area (Å²) < 4.78 is 32.7. The molecule has 0 aromatic heterocycles. The van der Waals surface area contributed by atoms with Crippen molar-refractivity contribution in [1.82, 2.24) is 0 Å². The van der Waals surface area contributed by atoms with Gasteiger partial charge in [0.1, 0.15) is 0 Å². The first-order valence-electron chi connectivity index (χ1n) is 3.42. The molecule has 0 saturated carbocycles. The molecule has 0 fully saturated rings. The van der Waals surface area contributed by atoms with Gasteiger partial charge in [-0.15, -0.1) is 0 Å². The molecule has 0 atom stereocenters. The van der Waals surface area contributed by atoms with Gasteiger partial charge < -0.3 is 9.47 Å². The number of hydrogen-bond donors (Lipinski definition) is 0. The third kappa shape index (κ3) is 2.73. The van der Waals surface area contributed by atoms with Crippen LogP contribution in [0.15, 0.2) is 18.2 Å². The van der Waals surface area contributed by atoms with Crippen molar-refractivity contribution in [2.75, 3.05) is 7.11 Å². The molecule has 0 aliphatic rings. The summed E-state index contributed by atoms with van der Waals surface area (Å²) in [6.45, 7) is -2.88.